The minimum atomic E-state index is -3.57. The van der Waals surface area contributed by atoms with E-state index in [0.717, 1.165) is 10.8 Å². The molecule has 0 aliphatic rings. The molecular weight excluding hydrogens is 321 g/mol. The summed E-state index contributed by atoms with van der Waals surface area (Å²) in [6.45, 7) is 1.66. The van der Waals surface area contributed by atoms with Crippen LogP contribution >= 0.6 is 22.6 Å². The highest BCUT2D eigenvalue weighted by molar-refractivity contribution is 14.1. The van der Waals surface area contributed by atoms with E-state index in [9.17, 15) is 13.2 Å². The molecule has 0 rings (SSSR count). The predicted molar refractivity (Wildman–Crippen MR) is 61.9 cm³/mol. The Morgan fingerprint density at radius 2 is 2.14 bits per heavy atom. The SMILES string of the molecule is COC(=O)C(C)S(=O)(=O)NCCCI. The number of hydrogen-bond donors (Lipinski definition) is 1. The van der Waals surface area contributed by atoms with Crippen LogP contribution in [0.3, 0.4) is 0 Å². The normalized spacial score (nSPS) is 13.6. The maximum Gasteiger partial charge on any atom is 0.325 e. The first kappa shape index (κ1) is 14.1. The summed E-state index contributed by atoms with van der Waals surface area (Å²) in [5, 5.41) is -1.15. The summed E-state index contributed by atoms with van der Waals surface area (Å²) in [6, 6.07) is 0. The molecule has 0 aromatic heterocycles. The molecule has 0 aromatic carbocycles. The molecule has 0 saturated heterocycles. The topological polar surface area (TPSA) is 72.5 Å². The lowest BCUT2D eigenvalue weighted by Gasteiger charge is -2.11. The fraction of sp³-hybridized carbons (Fsp3) is 0.857. The molecule has 0 heterocycles. The van der Waals surface area contributed by atoms with Crippen LogP contribution in [-0.4, -0.2) is 37.7 Å². The Bertz CT molecular complexity index is 277. The number of hydrogen-bond acceptors (Lipinski definition) is 4. The van der Waals surface area contributed by atoms with Crippen molar-refractivity contribution in [2.45, 2.75) is 18.6 Å². The first-order chi connectivity index (χ1) is 6.45. The molecule has 14 heavy (non-hydrogen) atoms. The van der Waals surface area contributed by atoms with Crippen LogP contribution < -0.4 is 4.72 Å². The van der Waals surface area contributed by atoms with Gasteiger partial charge in [-0.3, -0.25) is 4.79 Å². The van der Waals surface area contributed by atoms with Crippen molar-refractivity contribution in [3.05, 3.63) is 0 Å². The highest BCUT2D eigenvalue weighted by Gasteiger charge is 2.27. The van der Waals surface area contributed by atoms with Crippen molar-refractivity contribution in [2.75, 3.05) is 18.1 Å². The van der Waals surface area contributed by atoms with Crippen LogP contribution in [0.4, 0.5) is 0 Å². The Labute approximate surface area is 97.8 Å². The van der Waals surface area contributed by atoms with Gasteiger partial charge >= 0.3 is 5.97 Å². The van der Waals surface area contributed by atoms with E-state index in [2.05, 4.69) is 32.0 Å². The van der Waals surface area contributed by atoms with E-state index < -0.39 is 21.2 Å². The van der Waals surface area contributed by atoms with Gasteiger partial charge in [0.05, 0.1) is 7.11 Å². The van der Waals surface area contributed by atoms with Gasteiger partial charge in [0.15, 0.2) is 5.25 Å². The van der Waals surface area contributed by atoms with Gasteiger partial charge < -0.3 is 4.74 Å². The maximum absolute atomic E-state index is 11.4. The fourth-order valence-corrected chi connectivity index (χ4v) is 2.11. The van der Waals surface area contributed by atoms with Gasteiger partial charge in [0, 0.05) is 11.0 Å². The van der Waals surface area contributed by atoms with E-state index in [-0.39, 0.29) is 0 Å². The van der Waals surface area contributed by atoms with Crippen LogP contribution in [0.15, 0.2) is 0 Å². The summed E-state index contributed by atoms with van der Waals surface area (Å²) in [6.07, 6.45) is 0.744. The monoisotopic (exact) mass is 335 g/mol. The molecule has 7 heteroatoms. The molecule has 0 fully saturated rings. The van der Waals surface area contributed by atoms with E-state index in [1.165, 1.54) is 14.0 Å². The van der Waals surface area contributed by atoms with Crippen molar-refractivity contribution >= 4 is 38.6 Å². The van der Waals surface area contributed by atoms with E-state index in [4.69, 9.17) is 0 Å². The first-order valence-corrected chi connectivity index (χ1v) is 7.15. The van der Waals surface area contributed by atoms with Crippen LogP contribution in [0, 0.1) is 0 Å². The molecule has 1 unspecified atom stereocenters. The third-order valence-corrected chi connectivity index (χ3v) is 4.10. The summed E-state index contributed by atoms with van der Waals surface area (Å²) in [5.74, 6) is -0.744. The third kappa shape index (κ3) is 4.56. The molecule has 5 nitrogen and oxygen atoms in total. The highest BCUT2D eigenvalue weighted by atomic mass is 127. The van der Waals surface area contributed by atoms with Crippen LogP contribution in [0.1, 0.15) is 13.3 Å². The lowest BCUT2D eigenvalue weighted by atomic mass is 10.5. The van der Waals surface area contributed by atoms with Gasteiger partial charge in [0.1, 0.15) is 0 Å². The number of sulfonamides is 1. The molecule has 84 valence electrons. The van der Waals surface area contributed by atoms with E-state index in [1.54, 1.807) is 0 Å². The first-order valence-electron chi connectivity index (χ1n) is 4.08. The van der Waals surface area contributed by atoms with E-state index in [1.807, 2.05) is 0 Å². The zero-order chi connectivity index (χ0) is 11.2. The van der Waals surface area contributed by atoms with Crippen molar-refractivity contribution < 1.29 is 17.9 Å². The summed E-state index contributed by atoms with van der Waals surface area (Å²) >= 11 is 2.15. The van der Waals surface area contributed by atoms with Gasteiger partial charge in [0.25, 0.3) is 0 Å². The fourth-order valence-electron chi connectivity index (χ4n) is 0.699. The van der Waals surface area contributed by atoms with E-state index >= 15 is 0 Å². The molecular formula is C7H14INO4S. The molecule has 0 saturated carbocycles. The maximum atomic E-state index is 11.4. The highest BCUT2D eigenvalue weighted by Crippen LogP contribution is 2.00. The second-order valence-electron chi connectivity index (χ2n) is 2.65. The molecule has 1 N–H and O–H groups in total. The zero-order valence-corrected chi connectivity index (χ0v) is 11.1. The number of nitrogens with one attached hydrogen (secondary N) is 1. The van der Waals surface area contributed by atoms with Crippen molar-refractivity contribution in [1.82, 2.24) is 4.72 Å². The number of carbonyl (C=O) groups is 1. The largest absolute Gasteiger partial charge is 0.468 e. The van der Waals surface area contributed by atoms with Crippen LogP contribution in [0.5, 0.6) is 0 Å². The third-order valence-electron chi connectivity index (χ3n) is 1.61. The molecule has 0 aliphatic carbocycles. The minimum Gasteiger partial charge on any atom is -0.468 e. The number of carbonyl (C=O) groups excluding carboxylic acids is 1. The van der Waals surface area contributed by atoms with Gasteiger partial charge in [-0.05, 0) is 13.3 Å². The molecule has 1 atom stereocenters. The Hall–Kier alpha value is 0.110. The zero-order valence-electron chi connectivity index (χ0n) is 8.12. The standard InChI is InChI=1S/C7H14INO4S/c1-6(7(10)13-2)14(11,12)9-5-3-4-8/h6,9H,3-5H2,1-2H3. The molecule has 0 aromatic rings. The van der Waals surface area contributed by atoms with Crippen molar-refractivity contribution in [2.24, 2.45) is 0 Å². The Balaban J connectivity index is 4.24. The summed E-state index contributed by atoms with van der Waals surface area (Å²) in [7, 11) is -2.41. The van der Waals surface area contributed by atoms with Gasteiger partial charge in [-0.1, -0.05) is 22.6 Å². The Morgan fingerprint density at radius 1 is 1.57 bits per heavy atom. The summed E-state index contributed by atoms with van der Waals surface area (Å²) in [4.78, 5) is 10.9. The quantitative estimate of drug-likeness (QED) is 0.328. The lowest BCUT2D eigenvalue weighted by molar-refractivity contribution is -0.139. The number of alkyl halides is 1. The Kier molecular flexibility index (Phi) is 6.62. The van der Waals surface area contributed by atoms with Crippen molar-refractivity contribution in [3.8, 4) is 0 Å². The van der Waals surface area contributed by atoms with Gasteiger partial charge in [0.2, 0.25) is 10.0 Å². The summed E-state index contributed by atoms with van der Waals surface area (Å²) < 4.78 is 30.3. The number of halogens is 1. The molecule has 0 aliphatic heterocycles. The van der Waals surface area contributed by atoms with Gasteiger partial charge in [-0.15, -0.1) is 0 Å². The lowest BCUT2D eigenvalue weighted by Crippen LogP contribution is -2.38. The second-order valence-corrected chi connectivity index (χ2v) is 5.81. The summed E-state index contributed by atoms with van der Waals surface area (Å²) in [5.41, 5.74) is 0. The van der Waals surface area contributed by atoms with Gasteiger partial charge in [-0.25, -0.2) is 13.1 Å². The van der Waals surface area contributed by atoms with Crippen molar-refractivity contribution in [1.29, 1.82) is 0 Å². The minimum absolute atomic E-state index is 0.354. The number of methoxy groups -OCH3 is 1. The number of ether oxygens (including phenoxy) is 1. The molecule has 0 bridgehead atoms. The van der Waals surface area contributed by atoms with Crippen LogP contribution in [0.2, 0.25) is 0 Å². The Morgan fingerprint density at radius 3 is 2.57 bits per heavy atom. The van der Waals surface area contributed by atoms with Crippen LogP contribution in [-0.2, 0) is 19.6 Å². The molecule has 0 amide bonds. The van der Waals surface area contributed by atoms with Gasteiger partial charge in [-0.2, -0.15) is 0 Å². The predicted octanol–water partition coefficient (Wildman–Crippen LogP) is 0.292. The smallest absolute Gasteiger partial charge is 0.325 e. The van der Waals surface area contributed by atoms with Crippen molar-refractivity contribution in [3.63, 3.8) is 0 Å². The average molecular weight is 335 g/mol. The molecule has 0 spiro atoms. The number of rotatable bonds is 6. The van der Waals surface area contributed by atoms with E-state index in [0.29, 0.717) is 6.54 Å². The molecule has 0 radical (unpaired) electrons. The second kappa shape index (κ2) is 6.57. The average Bonchev–Trinajstić information content (AvgIpc) is 2.15. The number of esters is 1. The van der Waals surface area contributed by atoms with Crippen LogP contribution in [0.25, 0.3) is 0 Å².